The molecule has 1 N–H and O–H groups in total. The number of nitrogens with zero attached hydrogens (tertiary/aromatic N) is 2. The fourth-order valence-electron chi connectivity index (χ4n) is 3.56. The third-order valence-corrected chi connectivity index (χ3v) is 5.14. The molecule has 0 spiro atoms. The van der Waals surface area contributed by atoms with Gasteiger partial charge in [-0.25, -0.2) is 4.98 Å². The van der Waals surface area contributed by atoms with Crippen LogP contribution in [0.25, 0.3) is 0 Å². The molecule has 1 fully saturated rings. The molecule has 6 nitrogen and oxygen atoms in total. The lowest BCUT2D eigenvalue weighted by Crippen LogP contribution is -2.34. The monoisotopic (exact) mass is 383 g/mol. The number of rotatable bonds is 7. The van der Waals surface area contributed by atoms with Crippen molar-refractivity contribution < 1.29 is 14.3 Å². The summed E-state index contributed by atoms with van der Waals surface area (Å²) in [6, 6.07) is 9.58. The maximum atomic E-state index is 12.4. The number of amides is 1. The van der Waals surface area contributed by atoms with E-state index in [0.29, 0.717) is 35.9 Å². The number of aromatic nitrogens is 1. The Morgan fingerprint density at radius 1 is 1.21 bits per heavy atom. The fourth-order valence-corrected chi connectivity index (χ4v) is 3.56. The zero-order valence-electron chi connectivity index (χ0n) is 16.9. The van der Waals surface area contributed by atoms with Crippen LogP contribution in [0.5, 0.6) is 11.5 Å². The maximum Gasteiger partial charge on any atom is 0.252 e. The summed E-state index contributed by atoms with van der Waals surface area (Å²) in [7, 11) is 3.23. The summed E-state index contributed by atoms with van der Waals surface area (Å²) in [5.74, 6) is 2.93. The third kappa shape index (κ3) is 4.94. The molecular weight excluding hydrogens is 354 g/mol. The number of anilines is 1. The SMILES string of the molecule is COc1ccc(CCNC(=O)c2ccc(N3CCCC(C)C3)nc2)cc1OC. The summed E-state index contributed by atoms with van der Waals surface area (Å²) in [5, 5.41) is 2.95. The number of hydrogen-bond donors (Lipinski definition) is 1. The zero-order valence-corrected chi connectivity index (χ0v) is 16.9. The maximum absolute atomic E-state index is 12.4. The van der Waals surface area contributed by atoms with Crippen molar-refractivity contribution in [1.82, 2.24) is 10.3 Å². The lowest BCUT2D eigenvalue weighted by atomic mass is 10.0. The van der Waals surface area contributed by atoms with Gasteiger partial charge in [0.05, 0.1) is 19.8 Å². The second-order valence-electron chi connectivity index (χ2n) is 7.29. The van der Waals surface area contributed by atoms with Crippen LogP contribution in [0.2, 0.25) is 0 Å². The second kappa shape index (κ2) is 9.44. The molecule has 6 heteroatoms. The van der Waals surface area contributed by atoms with Gasteiger partial charge in [-0.15, -0.1) is 0 Å². The lowest BCUT2D eigenvalue weighted by molar-refractivity contribution is 0.0954. The van der Waals surface area contributed by atoms with Crippen molar-refractivity contribution in [3.63, 3.8) is 0 Å². The lowest BCUT2D eigenvalue weighted by Gasteiger charge is -2.31. The highest BCUT2D eigenvalue weighted by molar-refractivity contribution is 5.94. The van der Waals surface area contributed by atoms with E-state index in [-0.39, 0.29) is 5.91 Å². The summed E-state index contributed by atoms with van der Waals surface area (Å²) in [5.41, 5.74) is 1.66. The normalized spacial score (nSPS) is 16.5. The number of methoxy groups -OCH3 is 2. The first-order chi connectivity index (χ1) is 13.6. The molecule has 1 unspecified atom stereocenters. The Kier molecular flexibility index (Phi) is 6.74. The predicted octanol–water partition coefficient (Wildman–Crippen LogP) is 3.31. The number of carbonyl (C=O) groups is 1. The van der Waals surface area contributed by atoms with Crippen molar-refractivity contribution in [2.24, 2.45) is 5.92 Å². The van der Waals surface area contributed by atoms with Crippen molar-refractivity contribution in [2.45, 2.75) is 26.2 Å². The summed E-state index contributed by atoms with van der Waals surface area (Å²) in [6.45, 7) is 4.88. The molecule has 150 valence electrons. The van der Waals surface area contributed by atoms with E-state index in [2.05, 4.69) is 22.1 Å². The van der Waals surface area contributed by atoms with Crippen LogP contribution in [0.3, 0.4) is 0 Å². The number of piperidine rings is 1. The predicted molar refractivity (Wildman–Crippen MR) is 110 cm³/mol. The Labute approximate surface area is 166 Å². The molecule has 1 aromatic heterocycles. The Morgan fingerprint density at radius 2 is 2.04 bits per heavy atom. The van der Waals surface area contributed by atoms with Crippen LogP contribution in [0, 0.1) is 5.92 Å². The largest absolute Gasteiger partial charge is 0.493 e. The minimum absolute atomic E-state index is 0.105. The molecule has 1 aliphatic rings. The van der Waals surface area contributed by atoms with Gasteiger partial charge < -0.3 is 19.7 Å². The minimum atomic E-state index is -0.105. The van der Waals surface area contributed by atoms with Crippen LogP contribution in [-0.2, 0) is 6.42 Å². The van der Waals surface area contributed by atoms with E-state index >= 15 is 0 Å². The first kappa shape index (κ1) is 20.0. The van der Waals surface area contributed by atoms with Crippen molar-refractivity contribution in [1.29, 1.82) is 0 Å². The van der Waals surface area contributed by atoms with Crippen molar-refractivity contribution in [3.05, 3.63) is 47.7 Å². The summed E-state index contributed by atoms with van der Waals surface area (Å²) < 4.78 is 10.6. The van der Waals surface area contributed by atoms with Crippen LogP contribution >= 0.6 is 0 Å². The smallest absolute Gasteiger partial charge is 0.252 e. The van der Waals surface area contributed by atoms with Crippen molar-refractivity contribution in [3.8, 4) is 11.5 Å². The van der Waals surface area contributed by atoms with E-state index in [1.165, 1.54) is 12.8 Å². The topological polar surface area (TPSA) is 63.7 Å². The number of pyridine rings is 1. The molecule has 1 atom stereocenters. The van der Waals surface area contributed by atoms with Gasteiger partial charge in [-0.2, -0.15) is 0 Å². The molecular formula is C22H29N3O3. The standard InChI is InChI=1S/C22H29N3O3/c1-16-5-4-12-25(15-16)21-9-7-18(14-24-21)22(26)23-11-10-17-6-8-19(27-2)20(13-17)28-3/h6-9,13-14,16H,4-5,10-12,15H2,1-3H3,(H,23,26). The van der Waals surface area contributed by atoms with Gasteiger partial charge >= 0.3 is 0 Å². The molecule has 3 rings (SSSR count). The van der Waals surface area contributed by atoms with Gasteiger partial charge in [0.25, 0.3) is 5.91 Å². The zero-order chi connectivity index (χ0) is 19.9. The Balaban J connectivity index is 1.52. The second-order valence-corrected chi connectivity index (χ2v) is 7.29. The first-order valence-corrected chi connectivity index (χ1v) is 9.81. The van der Waals surface area contributed by atoms with Gasteiger partial charge in [-0.05, 0) is 55.0 Å². The summed E-state index contributed by atoms with van der Waals surface area (Å²) in [4.78, 5) is 19.2. The summed E-state index contributed by atoms with van der Waals surface area (Å²) >= 11 is 0. The molecule has 1 aliphatic heterocycles. The number of nitrogens with one attached hydrogen (secondary N) is 1. The molecule has 1 saturated heterocycles. The van der Waals surface area contributed by atoms with Crippen LogP contribution < -0.4 is 19.7 Å². The number of ether oxygens (including phenoxy) is 2. The fraction of sp³-hybridized carbons (Fsp3) is 0.455. The molecule has 0 bridgehead atoms. The molecule has 0 saturated carbocycles. The molecule has 1 amide bonds. The Bertz CT molecular complexity index is 792. The highest BCUT2D eigenvalue weighted by Crippen LogP contribution is 2.27. The highest BCUT2D eigenvalue weighted by atomic mass is 16.5. The van der Waals surface area contributed by atoms with Crippen LogP contribution in [0.4, 0.5) is 5.82 Å². The molecule has 0 aliphatic carbocycles. The molecule has 2 heterocycles. The van der Waals surface area contributed by atoms with Crippen LogP contribution in [-0.4, -0.2) is 44.7 Å². The van der Waals surface area contributed by atoms with E-state index in [0.717, 1.165) is 24.5 Å². The minimum Gasteiger partial charge on any atom is -0.493 e. The van der Waals surface area contributed by atoms with Crippen molar-refractivity contribution in [2.75, 3.05) is 38.8 Å². The number of hydrogen-bond acceptors (Lipinski definition) is 5. The van der Waals surface area contributed by atoms with Gasteiger partial charge in [0.15, 0.2) is 11.5 Å². The molecule has 28 heavy (non-hydrogen) atoms. The van der Waals surface area contributed by atoms with Crippen molar-refractivity contribution >= 4 is 11.7 Å². The quantitative estimate of drug-likeness (QED) is 0.795. The van der Waals surface area contributed by atoms with Gasteiger partial charge in [-0.3, -0.25) is 4.79 Å². The molecule has 1 aromatic carbocycles. The van der Waals surface area contributed by atoms with Crippen LogP contribution in [0.1, 0.15) is 35.7 Å². The van der Waals surface area contributed by atoms with E-state index in [1.807, 2.05) is 30.3 Å². The number of carbonyl (C=O) groups excluding carboxylic acids is 1. The average molecular weight is 383 g/mol. The highest BCUT2D eigenvalue weighted by Gasteiger charge is 2.17. The Morgan fingerprint density at radius 3 is 2.71 bits per heavy atom. The van der Waals surface area contributed by atoms with Gasteiger partial charge in [0.1, 0.15) is 5.82 Å². The van der Waals surface area contributed by atoms with Gasteiger partial charge in [0.2, 0.25) is 0 Å². The van der Waals surface area contributed by atoms with E-state index < -0.39 is 0 Å². The first-order valence-electron chi connectivity index (χ1n) is 9.81. The molecule has 0 radical (unpaired) electrons. The average Bonchev–Trinajstić information content (AvgIpc) is 2.73. The van der Waals surface area contributed by atoms with E-state index in [4.69, 9.17) is 9.47 Å². The summed E-state index contributed by atoms with van der Waals surface area (Å²) in [6.07, 6.45) is 4.85. The van der Waals surface area contributed by atoms with Gasteiger partial charge in [0, 0.05) is 25.8 Å². The Hall–Kier alpha value is -2.76. The van der Waals surface area contributed by atoms with Gasteiger partial charge in [-0.1, -0.05) is 13.0 Å². The third-order valence-electron chi connectivity index (χ3n) is 5.14. The van der Waals surface area contributed by atoms with Crippen LogP contribution in [0.15, 0.2) is 36.5 Å². The molecule has 2 aromatic rings. The van der Waals surface area contributed by atoms with E-state index in [9.17, 15) is 4.79 Å². The number of benzene rings is 1. The van der Waals surface area contributed by atoms with E-state index in [1.54, 1.807) is 20.4 Å².